The fourth-order valence-electron chi connectivity index (χ4n) is 4.99. The van der Waals surface area contributed by atoms with Crippen molar-refractivity contribution in [2.45, 2.75) is 52.5 Å². The van der Waals surface area contributed by atoms with Crippen molar-refractivity contribution in [2.24, 2.45) is 28.6 Å². The summed E-state index contributed by atoms with van der Waals surface area (Å²) in [7, 11) is 5.03. The van der Waals surface area contributed by atoms with Crippen molar-refractivity contribution in [3.63, 3.8) is 0 Å². The van der Waals surface area contributed by atoms with Gasteiger partial charge in [0.25, 0.3) is 0 Å². The summed E-state index contributed by atoms with van der Waals surface area (Å²) < 4.78 is 0. The third kappa shape index (κ3) is 3.26. The number of fused-ring (bicyclic) bond motifs is 1. The van der Waals surface area contributed by atoms with Gasteiger partial charge in [0.15, 0.2) is 5.81 Å². The van der Waals surface area contributed by atoms with Crippen LogP contribution in [0.15, 0.2) is 0 Å². The smallest absolute Gasteiger partial charge is 0.326 e. The highest BCUT2D eigenvalue weighted by Crippen LogP contribution is 2.64. The van der Waals surface area contributed by atoms with Gasteiger partial charge in [-0.25, -0.2) is 4.79 Å². The van der Waals surface area contributed by atoms with Gasteiger partial charge in [0, 0.05) is 6.54 Å². The van der Waals surface area contributed by atoms with E-state index in [0.29, 0.717) is 12.0 Å². The van der Waals surface area contributed by atoms with E-state index in [2.05, 4.69) is 0 Å². The molecule has 4 atom stereocenters. The first-order chi connectivity index (χ1) is 11.9. The van der Waals surface area contributed by atoms with Crippen molar-refractivity contribution in [1.82, 2.24) is 10.2 Å². The Labute approximate surface area is 154 Å². The first-order valence-corrected chi connectivity index (χ1v) is 9.09. The van der Waals surface area contributed by atoms with Gasteiger partial charge in [0.2, 0.25) is 19.7 Å². The number of nitrogens with one attached hydrogen (secondary N) is 1. The van der Waals surface area contributed by atoms with Crippen molar-refractivity contribution >= 4 is 31.4 Å². The van der Waals surface area contributed by atoms with Crippen molar-refractivity contribution in [1.29, 1.82) is 0 Å². The summed E-state index contributed by atoms with van der Waals surface area (Å²) in [6, 6.07) is -0.904. The highest BCUT2D eigenvalue weighted by molar-refractivity contribution is 6.58. The number of imide groups is 1. The lowest BCUT2D eigenvalue weighted by atomic mass is 9.78. The SMILES string of the molecule is [B]C(=O)NC(=O)[C@H](C(=O)N1C[C@@H]2CC3(CC3)C[C@@H]2[C@H]1C(=O)O)C(C)(C)C. The molecule has 0 aromatic rings. The minimum atomic E-state index is -1.18. The van der Waals surface area contributed by atoms with Crippen LogP contribution in [0.1, 0.15) is 46.5 Å². The fraction of sp³-hybridized carbons (Fsp3) is 0.778. The van der Waals surface area contributed by atoms with E-state index in [4.69, 9.17) is 7.85 Å². The standard InChI is InChI=1S/C18H25BN2O5/c1-17(2,3)11(13(22)20-16(19)26)14(23)21-8-9-6-18(4-5-18)7-10(9)12(21)15(24)25/h9-12H,4-8H2,1-3H3,(H,24,25)(H,20,22,26)/t9-,10-,11+,12-/m0/s1. The Balaban J connectivity index is 1.85. The van der Waals surface area contributed by atoms with Gasteiger partial charge in [-0.2, -0.15) is 0 Å². The van der Waals surface area contributed by atoms with Gasteiger partial charge in [0.05, 0.1) is 0 Å². The Morgan fingerprint density at radius 1 is 1.19 bits per heavy atom. The van der Waals surface area contributed by atoms with Gasteiger partial charge in [-0.1, -0.05) is 20.8 Å². The zero-order valence-electron chi connectivity index (χ0n) is 15.4. The fourth-order valence-corrected chi connectivity index (χ4v) is 4.99. The van der Waals surface area contributed by atoms with E-state index >= 15 is 0 Å². The first-order valence-electron chi connectivity index (χ1n) is 9.09. The molecule has 2 N–H and O–H groups in total. The number of nitrogens with zero attached hydrogens (tertiary/aromatic N) is 1. The molecule has 3 fully saturated rings. The third-order valence-electron chi connectivity index (χ3n) is 6.26. The zero-order valence-corrected chi connectivity index (χ0v) is 15.4. The molecule has 0 aromatic heterocycles. The quantitative estimate of drug-likeness (QED) is 0.581. The molecule has 7 nitrogen and oxygen atoms in total. The molecule has 140 valence electrons. The van der Waals surface area contributed by atoms with Crippen LogP contribution in [-0.2, 0) is 14.4 Å². The first kappa shape index (κ1) is 18.9. The molecule has 3 aliphatic rings. The highest BCUT2D eigenvalue weighted by atomic mass is 16.4. The summed E-state index contributed by atoms with van der Waals surface area (Å²) >= 11 is 0. The van der Waals surface area contributed by atoms with E-state index in [0.717, 1.165) is 25.7 Å². The van der Waals surface area contributed by atoms with Gasteiger partial charge >= 0.3 is 5.97 Å². The Morgan fingerprint density at radius 2 is 1.81 bits per heavy atom. The van der Waals surface area contributed by atoms with Crippen LogP contribution in [0.4, 0.5) is 4.79 Å². The molecule has 3 amide bonds. The second-order valence-corrected chi connectivity index (χ2v) is 9.26. The van der Waals surface area contributed by atoms with Gasteiger partial charge in [-0.3, -0.25) is 14.4 Å². The minimum Gasteiger partial charge on any atom is -0.480 e. The van der Waals surface area contributed by atoms with Crippen LogP contribution < -0.4 is 5.32 Å². The molecule has 2 aliphatic carbocycles. The van der Waals surface area contributed by atoms with E-state index in [-0.39, 0.29) is 11.8 Å². The van der Waals surface area contributed by atoms with Crippen LogP contribution in [0.3, 0.4) is 0 Å². The molecule has 0 aromatic carbocycles. The maximum Gasteiger partial charge on any atom is 0.326 e. The molecule has 2 radical (unpaired) electrons. The number of carboxylic acid groups (broad SMARTS) is 1. The molecule has 2 saturated carbocycles. The number of hydrogen-bond acceptors (Lipinski definition) is 4. The summed E-state index contributed by atoms with van der Waals surface area (Å²) in [4.78, 5) is 50.0. The van der Waals surface area contributed by atoms with Crippen LogP contribution in [0.2, 0.25) is 0 Å². The summed E-state index contributed by atoms with van der Waals surface area (Å²) in [5.74, 6) is -4.43. The molecule has 26 heavy (non-hydrogen) atoms. The van der Waals surface area contributed by atoms with Gasteiger partial charge in [-0.05, 0) is 48.3 Å². The van der Waals surface area contributed by atoms with Crippen LogP contribution in [0, 0.1) is 28.6 Å². The monoisotopic (exact) mass is 360 g/mol. The number of hydrogen-bond donors (Lipinski definition) is 2. The number of carboxylic acids is 1. The Bertz CT molecular complexity index is 667. The second kappa shape index (κ2) is 6.10. The largest absolute Gasteiger partial charge is 0.480 e. The van der Waals surface area contributed by atoms with E-state index in [1.165, 1.54) is 4.90 Å². The van der Waals surface area contributed by atoms with Gasteiger partial charge in [-0.15, -0.1) is 0 Å². The van der Waals surface area contributed by atoms with E-state index < -0.39 is 41.0 Å². The molecular formula is C18H25BN2O5. The lowest BCUT2D eigenvalue weighted by Crippen LogP contribution is -2.53. The van der Waals surface area contributed by atoms with Crippen molar-refractivity contribution < 1.29 is 24.3 Å². The Morgan fingerprint density at radius 3 is 2.27 bits per heavy atom. The average Bonchev–Trinajstić information content (AvgIpc) is 2.95. The number of carbonyl (C=O) groups excluding carboxylic acids is 3. The van der Waals surface area contributed by atoms with Gasteiger partial charge in [0.1, 0.15) is 12.0 Å². The van der Waals surface area contributed by atoms with E-state index in [9.17, 15) is 24.3 Å². The summed E-state index contributed by atoms with van der Waals surface area (Å²) in [5, 5.41) is 11.7. The molecule has 8 heteroatoms. The minimum absolute atomic E-state index is 0.0567. The molecule has 1 heterocycles. The predicted octanol–water partition coefficient (Wildman–Crippen LogP) is 1.16. The van der Waals surface area contributed by atoms with Crippen LogP contribution >= 0.6 is 0 Å². The second-order valence-electron chi connectivity index (χ2n) is 9.26. The van der Waals surface area contributed by atoms with Crippen LogP contribution in [-0.4, -0.2) is 54.0 Å². The summed E-state index contributed by atoms with van der Waals surface area (Å²) in [6.07, 6.45) is 4.09. The third-order valence-corrected chi connectivity index (χ3v) is 6.26. The number of likely N-dealkylation sites (tertiary alicyclic amines) is 1. The molecule has 1 aliphatic heterocycles. The average molecular weight is 360 g/mol. The summed E-state index contributed by atoms with van der Waals surface area (Å²) in [6.45, 7) is 5.49. The normalized spacial score (nSPS) is 30.0. The Hall–Kier alpha value is -1.86. The molecule has 3 rings (SSSR count). The van der Waals surface area contributed by atoms with E-state index in [1.54, 1.807) is 20.8 Å². The van der Waals surface area contributed by atoms with Crippen molar-refractivity contribution in [3.8, 4) is 0 Å². The topological polar surface area (TPSA) is 104 Å². The van der Waals surface area contributed by atoms with Gasteiger partial charge < -0.3 is 15.3 Å². The van der Waals surface area contributed by atoms with Crippen molar-refractivity contribution in [3.05, 3.63) is 0 Å². The lowest BCUT2D eigenvalue weighted by molar-refractivity contribution is -0.155. The molecule has 0 bridgehead atoms. The molecule has 1 spiro atoms. The Kier molecular flexibility index (Phi) is 4.44. The zero-order chi connectivity index (χ0) is 19.4. The maximum absolute atomic E-state index is 13.2. The van der Waals surface area contributed by atoms with Crippen LogP contribution in [0.25, 0.3) is 0 Å². The predicted molar refractivity (Wildman–Crippen MR) is 93.3 cm³/mol. The number of amides is 3. The molecule has 1 saturated heterocycles. The van der Waals surface area contributed by atoms with Crippen LogP contribution in [0.5, 0.6) is 0 Å². The van der Waals surface area contributed by atoms with Crippen molar-refractivity contribution in [2.75, 3.05) is 6.54 Å². The number of rotatable bonds is 3. The molecule has 0 unspecified atom stereocenters. The van der Waals surface area contributed by atoms with E-state index in [1.807, 2.05) is 5.32 Å². The molecular weight excluding hydrogens is 335 g/mol. The lowest BCUT2D eigenvalue weighted by Gasteiger charge is -2.34. The maximum atomic E-state index is 13.2. The number of aliphatic carboxylic acids is 1. The summed E-state index contributed by atoms with van der Waals surface area (Å²) in [5.41, 5.74) is -0.486. The number of carbonyl (C=O) groups is 4. The highest BCUT2D eigenvalue weighted by Gasteiger charge is 2.61.